The largest absolute Gasteiger partial charge is 0.456 e. The summed E-state index contributed by atoms with van der Waals surface area (Å²) >= 11 is 6.20. The van der Waals surface area contributed by atoms with Crippen molar-refractivity contribution in [1.82, 2.24) is 14.5 Å². The first kappa shape index (κ1) is 36.0. The van der Waals surface area contributed by atoms with E-state index < -0.39 is 23.3 Å². The first-order valence-corrected chi connectivity index (χ1v) is 18.7. The van der Waals surface area contributed by atoms with Gasteiger partial charge in [0, 0.05) is 60.6 Å². The lowest BCUT2D eigenvalue weighted by Gasteiger charge is -2.57. The van der Waals surface area contributed by atoms with E-state index in [0.717, 1.165) is 56.2 Å². The lowest BCUT2D eigenvalue weighted by Crippen LogP contribution is -2.63. The van der Waals surface area contributed by atoms with Crippen LogP contribution in [0.2, 0.25) is 5.02 Å². The molecule has 3 aliphatic rings. The molecule has 1 unspecified atom stereocenters. The molecular formula is C42H49ClN4O5. The first-order chi connectivity index (χ1) is 24.7. The second-order valence-electron chi connectivity index (χ2n) is 16.5. The zero-order valence-electron chi connectivity index (χ0n) is 31.1. The molecule has 0 amide bonds. The molecule has 52 heavy (non-hydrogen) atoms. The zero-order valence-corrected chi connectivity index (χ0v) is 31.8. The average molecular weight is 725 g/mol. The monoisotopic (exact) mass is 724 g/mol. The number of hydrogen-bond donors (Lipinski definition) is 0. The fourth-order valence-electron chi connectivity index (χ4n) is 7.72. The van der Waals surface area contributed by atoms with Crippen LogP contribution in [0.25, 0.3) is 16.6 Å². The third-order valence-electron chi connectivity index (χ3n) is 10.2. The molecule has 9 nitrogen and oxygen atoms in total. The van der Waals surface area contributed by atoms with Gasteiger partial charge >= 0.3 is 12.1 Å². The molecular weight excluding hydrogens is 676 g/mol. The molecule has 0 N–H and O–H groups in total. The Balaban J connectivity index is 1.06. The van der Waals surface area contributed by atoms with Gasteiger partial charge in [0.15, 0.2) is 0 Å². The van der Waals surface area contributed by atoms with Crippen molar-refractivity contribution >= 4 is 46.0 Å². The minimum Gasteiger partial charge on any atom is -0.456 e. The van der Waals surface area contributed by atoms with Gasteiger partial charge in [-0.3, -0.25) is 4.90 Å². The maximum atomic E-state index is 13.4. The van der Waals surface area contributed by atoms with Crippen LogP contribution in [-0.2, 0) is 9.47 Å². The minimum atomic E-state index is -0.668. The van der Waals surface area contributed by atoms with Crippen molar-refractivity contribution < 1.29 is 23.8 Å². The standard InChI is InChI=1S/C42H49ClN4O5/c1-40(2,3)51-38(48)34-16-15-31(24-36(34)50-32-23-29-17-20-47(37(29)44-25-32)39(49)52-41(4,5)6)45-21-18-42(19-22-45)26-46(27-42)35-10-8-7-9-33(35)28-11-13-30(43)14-12-28/h9,11-17,20,23-25,35H,7-8,10,18-19,21-22,26-27H2,1-6H3. The number of nitrogens with zero attached hydrogens (tertiary/aromatic N) is 4. The fourth-order valence-corrected chi connectivity index (χ4v) is 7.85. The molecule has 2 aliphatic heterocycles. The quantitative estimate of drug-likeness (QED) is 0.182. The van der Waals surface area contributed by atoms with Gasteiger partial charge in [-0.15, -0.1) is 0 Å². The topological polar surface area (TPSA) is 86.1 Å². The molecule has 0 radical (unpaired) electrons. The fraction of sp³-hybridized carbons (Fsp3) is 0.452. The van der Waals surface area contributed by atoms with Crippen LogP contribution in [0, 0.1) is 5.41 Å². The number of piperidine rings is 1. The van der Waals surface area contributed by atoms with E-state index in [1.165, 1.54) is 28.5 Å². The number of fused-ring (bicyclic) bond motifs is 1. The Labute approximate surface area is 311 Å². The Morgan fingerprint density at radius 2 is 1.62 bits per heavy atom. The number of allylic oxidation sites excluding steroid dienone is 1. The number of hydrogen-bond acceptors (Lipinski definition) is 8. The maximum Gasteiger partial charge on any atom is 0.420 e. The van der Waals surface area contributed by atoms with Crippen molar-refractivity contribution in [3.8, 4) is 11.5 Å². The molecule has 1 aliphatic carbocycles. The van der Waals surface area contributed by atoms with E-state index in [4.69, 9.17) is 25.8 Å². The number of rotatable bonds is 6. The van der Waals surface area contributed by atoms with Crippen LogP contribution in [0.3, 0.4) is 0 Å². The lowest BCUT2D eigenvalue weighted by atomic mass is 9.70. The average Bonchev–Trinajstić information content (AvgIpc) is 3.50. The van der Waals surface area contributed by atoms with Crippen molar-refractivity contribution in [2.45, 2.75) is 90.9 Å². The van der Waals surface area contributed by atoms with Crippen LogP contribution in [-0.4, -0.2) is 69.9 Å². The molecule has 10 heteroatoms. The first-order valence-electron chi connectivity index (χ1n) is 18.4. The van der Waals surface area contributed by atoms with E-state index in [2.05, 4.69) is 33.0 Å². The number of likely N-dealkylation sites (tertiary alicyclic amines) is 1. The van der Waals surface area contributed by atoms with Crippen molar-refractivity contribution in [3.05, 3.63) is 89.2 Å². The number of aromatic nitrogens is 2. The van der Waals surface area contributed by atoms with E-state index in [1.54, 1.807) is 24.5 Å². The number of pyridine rings is 1. The zero-order chi connectivity index (χ0) is 36.8. The Kier molecular flexibility index (Phi) is 9.63. The highest BCUT2D eigenvalue weighted by atomic mass is 35.5. The van der Waals surface area contributed by atoms with Gasteiger partial charge in [-0.05, 0) is 127 Å². The summed E-state index contributed by atoms with van der Waals surface area (Å²) < 4.78 is 19.1. The summed E-state index contributed by atoms with van der Waals surface area (Å²) in [6.45, 7) is 15.1. The Hall–Kier alpha value is -4.34. The van der Waals surface area contributed by atoms with Crippen LogP contribution in [0.1, 0.15) is 89.6 Å². The summed E-state index contributed by atoms with van der Waals surface area (Å²) in [6, 6.07) is 18.1. The minimum absolute atomic E-state index is 0.325. The SMILES string of the molecule is CC(C)(C)OC(=O)c1ccc(N2CCC3(CC2)CN(C2CCCC=C2c2ccc(Cl)cc2)C3)cc1Oc1cnc2c(ccn2C(=O)OC(C)(C)C)c1. The van der Waals surface area contributed by atoms with Gasteiger partial charge in [0.25, 0.3) is 0 Å². The molecule has 2 saturated heterocycles. The number of benzene rings is 2. The van der Waals surface area contributed by atoms with E-state index >= 15 is 0 Å². The van der Waals surface area contributed by atoms with Crippen LogP contribution in [0.15, 0.2) is 73.1 Å². The van der Waals surface area contributed by atoms with E-state index in [9.17, 15) is 9.59 Å². The summed E-state index contributed by atoms with van der Waals surface area (Å²) in [5.41, 5.74) is 3.55. The predicted molar refractivity (Wildman–Crippen MR) is 206 cm³/mol. The van der Waals surface area contributed by atoms with E-state index in [-0.39, 0.29) is 0 Å². The number of ether oxygens (including phenoxy) is 3. The van der Waals surface area contributed by atoms with Crippen molar-refractivity contribution in [2.24, 2.45) is 5.41 Å². The number of halogens is 1. The maximum absolute atomic E-state index is 13.4. The summed E-state index contributed by atoms with van der Waals surface area (Å²) in [5.74, 6) is 0.382. The summed E-state index contributed by atoms with van der Waals surface area (Å²) in [5, 5.41) is 1.48. The molecule has 1 spiro atoms. The van der Waals surface area contributed by atoms with Crippen molar-refractivity contribution in [3.63, 3.8) is 0 Å². The summed E-state index contributed by atoms with van der Waals surface area (Å²) in [4.78, 5) is 35.8. The van der Waals surface area contributed by atoms with Crippen LogP contribution < -0.4 is 9.64 Å². The number of carbonyl (C=O) groups excluding carboxylic acids is 2. The normalized spacial score (nSPS) is 19.2. The van der Waals surface area contributed by atoms with Crippen LogP contribution in [0.5, 0.6) is 11.5 Å². The highest BCUT2D eigenvalue weighted by Crippen LogP contribution is 2.46. The second-order valence-corrected chi connectivity index (χ2v) is 17.0. The van der Waals surface area contributed by atoms with Crippen molar-refractivity contribution in [2.75, 3.05) is 31.1 Å². The highest BCUT2D eigenvalue weighted by Gasteiger charge is 2.47. The van der Waals surface area contributed by atoms with Gasteiger partial charge in [-0.1, -0.05) is 29.8 Å². The van der Waals surface area contributed by atoms with Gasteiger partial charge in [0.05, 0.1) is 6.20 Å². The predicted octanol–water partition coefficient (Wildman–Crippen LogP) is 9.76. The van der Waals surface area contributed by atoms with Gasteiger partial charge in [-0.2, -0.15) is 0 Å². The molecule has 2 fully saturated rings. The summed E-state index contributed by atoms with van der Waals surface area (Å²) in [7, 11) is 0. The molecule has 274 valence electrons. The third-order valence-corrected chi connectivity index (χ3v) is 10.4. The Bertz CT molecular complexity index is 1990. The third kappa shape index (κ3) is 7.86. The molecule has 2 aromatic carbocycles. The molecule has 7 rings (SSSR count). The number of esters is 1. The highest BCUT2D eigenvalue weighted by molar-refractivity contribution is 6.30. The molecule has 2 aromatic heterocycles. The molecule has 1 atom stereocenters. The van der Waals surface area contributed by atoms with E-state index in [1.807, 2.05) is 71.9 Å². The number of anilines is 1. The lowest BCUT2D eigenvalue weighted by molar-refractivity contribution is -0.0358. The molecule has 4 aromatic rings. The van der Waals surface area contributed by atoms with Gasteiger partial charge < -0.3 is 19.1 Å². The summed E-state index contributed by atoms with van der Waals surface area (Å²) in [6.07, 6.45) is 10.9. The molecule has 0 saturated carbocycles. The molecule has 4 heterocycles. The number of carbonyl (C=O) groups is 2. The Morgan fingerprint density at radius 3 is 2.31 bits per heavy atom. The van der Waals surface area contributed by atoms with Gasteiger partial charge in [-0.25, -0.2) is 19.1 Å². The van der Waals surface area contributed by atoms with E-state index in [0.29, 0.717) is 39.6 Å². The second kappa shape index (κ2) is 13.9. The Morgan fingerprint density at radius 1 is 0.904 bits per heavy atom. The van der Waals surface area contributed by atoms with Crippen LogP contribution >= 0.6 is 11.6 Å². The van der Waals surface area contributed by atoms with Gasteiger partial charge in [0.1, 0.15) is 33.9 Å². The smallest absolute Gasteiger partial charge is 0.420 e. The van der Waals surface area contributed by atoms with Crippen molar-refractivity contribution in [1.29, 1.82) is 0 Å². The molecule has 0 bridgehead atoms. The van der Waals surface area contributed by atoms with Crippen LogP contribution in [0.4, 0.5) is 10.5 Å². The van der Waals surface area contributed by atoms with Gasteiger partial charge in [0.2, 0.25) is 0 Å².